The summed E-state index contributed by atoms with van der Waals surface area (Å²) >= 11 is 11.1. The van der Waals surface area contributed by atoms with Crippen LogP contribution in [0.5, 0.6) is 11.5 Å². The van der Waals surface area contributed by atoms with E-state index < -0.39 is 0 Å². The van der Waals surface area contributed by atoms with Crippen LogP contribution in [0.4, 0.5) is 5.69 Å². The molecular weight excluding hydrogens is 408 g/mol. The molecule has 3 aromatic carbocycles. The Morgan fingerprint density at radius 1 is 0.966 bits per heavy atom. The van der Waals surface area contributed by atoms with Gasteiger partial charge >= 0.3 is 0 Å². The van der Waals surface area contributed by atoms with Crippen LogP contribution in [0.25, 0.3) is 0 Å². The zero-order valence-corrected chi connectivity index (χ0v) is 17.2. The number of carbonyl (C=O) groups excluding carboxylic acids is 1. The van der Waals surface area contributed by atoms with Gasteiger partial charge in [-0.2, -0.15) is 0 Å². The minimum absolute atomic E-state index is 0.197. The van der Waals surface area contributed by atoms with Crippen molar-refractivity contribution in [1.82, 2.24) is 5.32 Å². The summed E-state index contributed by atoms with van der Waals surface area (Å²) in [4.78, 5) is 12.7. The zero-order valence-electron chi connectivity index (χ0n) is 15.6. The van der Waals surface area contributed by atoms with Gasteiger partial charge in [-0.1, -0.05) is 29.8 Å². The largest absolute Gasteiger partial charge is 0.497 e. The van der Waals surface area contributed by atoms with Gasteiger partial charge in [-0.05, 0) is 66.8 Å². The van der Waals surface area contributed by atoms with E-state index in [9.17, 15) is 4.79 Å². The predicted molar refractivity (Wildman–Crippen MR) is 119 cm³/mol. The third-order valence-electron chi connectivity index (χ3n) is 4.04. The number of methoxy groups -OCH3 is 1. The minimum atomic E-state index is -0.314. The summed E-state index contributed by atoms with van der Waals surface area (Å²) in [6.45, 7) is 0.243. The van der Waals surface area contributed by atoms with E-state index in [4.69, 9.17) is 33.3 Å². The molecule has 0 radical (unpaired) electrons. The second kappa shape index (κ2) is 9.91. The molecule has 148 valence electrons. The van der Waals surface area contributed by atoms with E-state index in [0.29, 0.717) is 16.3 Å². The van der Waals surface area contributed by atoms with Crippen LogP contribution in [-0.2, 0) is 6.61 Å². The number of ether oxygens (including phenoxy) is 2. The maximum atomic E-state index is 12.7. The number of nitrogens with one attached hydrogen (secondary N) is 2. The molecule has 0 aliphatic heterocycles. The van der Waals surface area contributed by atoms with Gasteiger partial charge in [0, 0.05) is 21.8 Å². The van der Waals surface area contributed by atoms with Crippen LogP contribution >= 0.6 is 23.8 Å². The zero-order chi connectivity index (χ0) is 20.6. The Kier molecular flexibility index (Phi) is 7.05. The maximum absolute atomic E-state index is 12.7. The average molecular weight is 427 g/mol. The molecule has 0 aliphatic carbocycles. The molecule has 3 aromatic rings. The molecular formula is C22H19ClN2O3S. The van der Waals surface area contributed by atoms with Gasteiger partial charge in [-0.3, -0.25) is 10.1 Å². The van der Waals surface area contributed by atoms with Crippen molar-refractivity contribution < 1.29 is 14.3 Å². The smallest absolute Gasteiger partial charge is 0.257 e. The number of halogens is 1. The molecule has 0 bridgehead atoms. The van der Waals surface area contributed by atoms with Crippen molar-refractivity contribution in [3.63, 3.8) is 0 Å². The number of rotatable bonds is 6. The molecule has 0 saturated carbocycles. The van der Waals surface area contributed by atoms with Crippen molar-refractivity contribution in [1.29, 1.82) is 0 Å². The molecule has 5 nitrogen and oxygen atoms in total. The topological polar surface area (TPSA) is 59.6 Å². The SMILES string of the molecule is COc1ccc(OCc2ccccc2C(=O)NC(=S)Nc2ccc(Cl)cc2)cc1. The van der Waals surface area contributed by atoms with Crippen LogP contribution in [0.1, 0.15) is 15.9 Å². The number of thiocarbonyl (C=S) groups is 1. The molecule has 0 unspecified atom stereocenters. The Hall–Kier alpha value is -3.09. The van der Waals surface area contributed by atoms with Gasteiger partial charge in [-0.15, -0.1) is 0 Å². The lowest BCUT2D eigenvalue weighted by atomic mass is 10.1. The summed E-state index contributed by atoms with van der Waals surface area (Å²) in [6.07, 6.45) is 0. The first-order valence-electron chi connectivity index (χ1n) is 8.78. The number of amides is 1. The molecule has 0 fully saturated rings. The van der Waals surface area contributed by atoms with Crippen molar-refractivity contribution in [3.05, 3.63) is 88.9 Å². The van der Waals surface area contributed by atoms with Crippen LogP contribution < -0.4 is 20.1 Å². The highest BCUT2D eigenvalue weighted by atomic mass is 35.5. The Bertz CT molecular complexity index is 992. The van der Waals surface area contributed by atoms with Crippen molar-refractivity contribution in [2.24, 2.45) is 0 Å². The highest BCUT2D eigenvalue weighted by Crippen LogP contribution is 2.19. The fraction of sp³-hybridized carbons (Fsp3) is 0.0909. The predicted octanol–water partition coefficient (Wildman–Crippen LogP) is 5.05. The quantitative estimate of drug-likeness (QED) is 0.540. The van der Waals surface area contributed by atoms with Crippen molar-refractivity contribution in [3.8, 4) is 11.5 Å². The summed E-state index contributed by atoms with van der Waals surface area (Å²) in [7, 11) is 1.61. The molecule has 0 aromatic heterocycles. The van der Waals surface area contributed by atoms with E-state index >= 15 is 0 Å². The fourth-order valence-electron chi connectivity index (χ4n) is 2.57. The molecule has 3 rings (SSSR count). The Morgan fingerprint density at radius 2 is 1.62 bits per heavy atom. The van der Waals surface area contributed by atoms with E-state index in [2.05, 4.69) is 10.6 Å². The first kappa shape index (κ1) is 20.6. The van der Waals surface area contributed by atoms with Gasteiger partial charge in [0.15, 0.2) is 5.11 Å². The Labute approximate surface area is 179 Å². The Morgan fingerprint density at radius 3 is 2.31 bits per heavy atom. The summed E-state index contributed by atoms with van der Waals surface area (Å²) in [5.74, 6) is 1.12. The molecule has 2 N–H and O–H groups in total. The van der Waals surface area contributed by atoms with Crippen LogP contribution in [0.15, 0.2) is 72.8 Å². The van der Waals surface area contributed by atoms with Gasteiger partial charge in [-0.25, -0.2) is 0 Å². The van der Waals surface area contributed by atoms with E-state index in [1.807, 2.05) is 36.4 Å². The van der Waals surface area contributed by atoms with Crippen LogP contribution in [0.3, 0.4) is 0 Å². The second-order valence-electron chi connectivity index (χ2n) is 6.04. The number of anilines is 1. The van der Waals surface area contributed by atoms with Crippen molar-refractivity contribution in [2.45, 2.75) is 6.61 Å². The summed E-state index contributed by atoms with van der Waals surface area (Å²) in [5.41, 5.74) is 1.97. The molecule has 7 heteroatoms. The summed E-state index contributed by atoms with van der Waals surface area (Å²) in [6, 6.07) is 21.5. The highest BCUT2D eigenvalue weighted by Gasteiger charge is 2.13. The monoisotopic (exact) mass is 426 g/mol. The van der Waals surface area contributed by atoms with Crippen molar-refractivity contribution in [2.75, 3.05) is 12.4 Å². The number of hydrogen-bond acceptors (Lipinski definition) is 4. The van der Waals surface area contributed by atoms with Gasteiger partial charge in [0.25, 0.3) is 5.91 Å². The lowest BCUT2D eigenvalue weighted by molar-refractivity contribution is 0.0975. The first-order valence-corrected chi connectivity index (χ1v) is 9.56. The van der Waals surface area contributed by atoms with E-state index in [1.165, 1.54) is 0 Å². The van der Waals surface area contributed by atoms with Crippen LogP contribution in [0, 0.1) is 0 Å². The van der Waals surface area contributed by atoms with Gasteiger partial charge in [0.2, 0.25) is 0 Å². The molecule has 29 heavy (non-hydrogen) atoms. The number of hydrogen-bond donors (Lipinski definition) is 2. The minimum Gasteiger partial charge on any atom is -0.497 e. The lowest BCUT2D eigenvalue weighted by Gasteiger charge is -2.13. The highest BCUT2D eigenvalue weighted by molar-refractivity contribution is 7.80. The Balaban J connectivity index is 1.62. The molecule has 0 aliphatic rings. The van der Waals surface area contributed by atoms with Gasteiger partial charge in [0.05, 0.1) is 7.11 Å². The lowest BCUT2D eigenvalue weighted by Crippen LogP contribution is -2.34. The maximum Gasteiger partial charge on any atom is 0.257 e. The molecule has 0 atom stereocenters. The van der Waals surface area contributed by atoms with E-state index in [0.717, 1.165) is 17.0 Å². The summed E-state index contributed by atoms with van der Waals surface area (Å²) < 4.78 is 10.9. The average Bonchev–Trinajstić information content (AvgIpc) is 2.74. The van der Waals surface area contributed by atoms with Gasteiger partial charge < -0.3 is 14.8 Å². The number of benzene rings is 3. The third kappa shape index (κ3) is 5.94. The van der Waals surface area contributed by atoms with E-state index in [-0.39, 0.29) is 17.6 Å². The van der Waals surface area contributed by atoms with Crippen molar-refractivity contribution >= 4 is 40.5 Å². The number of carbonyl (C=O) groups is 1. The van der Waals surface area contributed by atoms with Crippen LogP contribution in [-0.4, -0.2) is 18.1 Å². The molecule has 0 spiro atoms. The summed E-state index contributed by atoms with van der Waals surface area (Å²) in [5, 5.41) is 6.46. The normalized spacial score (nSPS) is 10.1. The molecule has 1 amide bonds. The second-order valence-corrected chi connectivity index (χ2v) is 6.88. The van der Waals surface area contributed by atoms with E-state index in [1.54, 1.807) is 43.5 Å². The first-order chi connectivity index (χ1) is 14.0. The molecule has 0 saturated heterocycles. The third-order valence-corrected chi connectivity index (χ3v) is 4.50. The van der Waals surface area contributed by atoms with Crippen LogP contribution in [0.2, 0.25) is 5.02 Å². The van der Waals surface area contributed by atoms with Gasteiger partial charge in [0.1, 0.15) is 18.1 Å². The fourth-order valence-corrected chi connectivity index (χ4v) is 2.90. The standard InChI is InChI=1S/C22H19ClN2O3S/c1-27-18-10-12-19(13-11-18)28-14-15-4-2-3-5-20(15)21(26)25-22(29)24-17-8-6-16(23)7-9-17/h2-13H,14H2,1H3,(H2,24,25,26,29). The molecule has 0 heterocycles.